The molecule has 1 heteroatoms. The van der Waals surface area contributed by atoms with Crippen LogP contribution < -0.4 is 0 Å². The first-order chi connectivity index (χ1) is 7.44. The molecular weight excluding hydrogens is 196 g/mol. The lowest BCUT2D eigenvalue weighted by molar-refractivity contribution is -0.139. The van der Waals surface area contributed by atoms with Crippen molar-refractivity contribution < 1.29 is 4.79 Å². The Bertz CT molecular complexity index is 330. The summed E-state index contributed by atoms with van der Waals surface area (Å²) >= 11 is 0. The molecule has 1 nitrogen and oxygen atoms in total. The lowest BCUT2D eigenvalue weighted by atomic mass is 9.56. The van der Waals surface area contributed by atoms with E-state index in [1.807, 2.05) is 0 Å². The largest absolute Gasteiger partial charge is 0.299 e. The van der Waals surface area contributed by atoms with E-state index in [1.165, 1.54) is 12.8 Å². The van der Waals surface area contributed by atoms with Crippen molar-refractivity contribution in [2.45, 2.75) is 47.0 Å². The molecule has 0 aromatic carbocycles. The fourth-order valence-electron chi connectivity index (χ4n) is 5.41. The third kappa shape index (κ3) is 1.10. The van der Waals surface area contributed by atoms with Gasteiger partial charge in [-0.25, -0.2) is 0 Å². The number of carbonyl (C=O) groups excluding carboxylic acids is 1. The topological polar surface area (TPSA) is 17.1 Å². The van der Waals surface area contributed by atoms with Crippen LogP contribution in [0.2, 0.25) is 0 Å². The van der Waals surface area contributed by atoms with E-state index < -0.39 is 0 Å². The number of Topliss-reactive ketones (excluding diaryl/α,β-unsaturated/α-hetero) is 1. The molecule has 0 radical (unpaired) electrons. The van der Waals surface area contributed by atoms with Crippen LogP contribution in [0.4, 0.5) is 0 Å². The molecule has 3 aliphatic rings. The molecule has 1 unspecified atom stereocenters. The lowest BCUT2D eigenvalue weighted by Crippen LogP contribution is -2.47. The van der Waals surface area contributed by atoms with Crippen molar-refractivity contribution in [3.8, 4) is 0 Å². The maximum Gasteiger partial charge on any atom is 0.139 e. The Balaban J connectivity index is 2.07. The van der Waals surface area contributed by atoms with Crippen molar-refractivity contribution in [3.63, 3.8) is 0 Å². The molecule has 3 rings (SSSR count). The second-order valence-electron chi connectivity index (χ2n) is 7.19. The molecular formula is C15H24O. The molecule has 3 aliphatic carbocycles. The molecule has 4 bridgehead atoms. The highest BCUT2D eigenvalue weighted by Gasteiger charge is 2.62. The molecule has 0 aliphatic heterocycles. The van der Waals surface area contributed by atoms with E-state index >= 15 is 0 Å². The van der Waals surface area contributed by atoms with E-state index in [4.69, 9.17) is 0 Å². The second-order valence-corrected chi connectivity index (χ2v) is 7.19. The van der Waals surface area contributed by atoms with Crippen molar-refractivity contribution in [2.75, 3.05) is 0 Å². The van der Waals surface area contributed by atoms with Crippen LogP contribution in [0, 0.1) is 40.9 Å². The molecule has 3 saturated carbocycles. The molecule has 0 N–H and O–H groups in total. The third-order valence-corrected chi connectivity index (χ3v) is 6.31. The zero-order chi connectivity index (χ0) is 11.7. The molecule has 0 amide bonds. The minimum Gasteiger partial charge on any atom is -0.299 e. The van der Waals surface area contributed by atoms with Gasteiger partial charge >= 0.3 is 0 Å². The van der Waals surface area contributed by atoms with Gasteiger partial charge in [-0.2, -0.15) is 0 Å². The molecule has 0 saturated heterocycles. The summed E-state index contributed by atoms with van der Waals surface area (Å²) in [6.07, 6.45) is 3.64. The standard InChI is InChI=1S/C15H24O/c1-8-5-6-10-9(2)11-7-12(16)15(3,4)14(10)13(8)11/h8-11,13-14H,5-7H2,1-4H3/t8?,9-,10-,11-,13+,14+/m0/s1. The molecule has 0 heterocycles. The van der Waals surface area contributed by atoms with Gasteiger partial charge < -0.3 is 0 Å². The van der Waals surface area contributed by atoms with Gasteiger partial charge in [0.05, 0.1) is 0 Å². The quantitative estimate of drug-likeness (QED) is 0.610. The van der Waals surface area contributed by atoms with E-state index in [-0.39, 0.29) is 5.41 Å². The van der Waals surface area contributed by atoms with E-state index in [1.54, 1.807) is 0 Å². The van der Waals surface area contributed by atoms with Gasteiger partial charge in [0.1, 0.15) is 5.78 Å². The minimum absolute atomic E-state index is 0.0364. The number of carbonyl (C=O) groups is 1. The summed E-state index contributed by atoms with van der Waals surface area (Å²) in [5, 5.41) is 0. The number of ketones is 1. The molecule has 16 heavy (non-hydrogen) atoms. The highest BCUT2D eigenvalue weighted by Crippen LogP contribution is 2.65. The van der Waals surface area contributed by atoms with Gasteiger partial charge in [0.15, 0.2) is 0 Å². The zero-order valence-corrected chi connectivity index (χ0v) is 11.0. The first-order valence-electron chi connectivity index (χ1n) is 6.98. The smallest absolute Gasteiger partial charge is 0.139 e. The van der Waals surface area contributed by atoms with Gasteiger partial charge in [-0.1, -0.05) is 34.1 Å². The summed E-state index contributed by atoms with van der Waals surface area (Å²) < 4.78 is 0. The molecule has 6 atom stereocenters. The number of hydrogen-bond acceptors (Lipinski definition) is 1. The molecule has 90 valence electrons. The van der Waals surface area contributed by atoms with Crippen LogP contribution in [0.1, 0.15) is 47.0 Å². The Morgan fingerprint density at radius 2 is 1.81 bits per heavy atom. The fraction of sp³-hybridized carbons (Fsp3) is 0.933. The summed E-state index contributed by atoms with van der Waals surface area (Å²) in [6, 6.07) is 0. The first kappa shape index (κ1) is 10.8. The van der Waals surface area contributed by atoms with Crippen molar-refractivity contribution in [3.05, 3.63) is 0 Å². The summed E-state index contributed by atoms with van der Waals surface area (Å²) in [4.78, 5) is 12.3. The first-order valence-corrected chi connectivity index (χ1v) is 6.98. The molecule has 0 aromatic heterocycles. The monoisotopic (exact) mass is 220 g/mol. The molecule has 3 fully saturated rings. The third-order valence-electron chi connectivity index (χ3n) is 6.31. The van der Waals surface area contributed by atoms with Crippen molar-refractivity contribution in [1.82, 2.24) is 0 Å². The number of rotatable bonds is 0. The van der Waals surface area contributed by atoms with E-state index in [0.717, 1.165) is 30.1 Å². The summed E-state index contributed by atoms with van der Waals surface area (Å²) in [7, 11) is 0. The summed E-state index contributed by atoms with van der Waals surface area (Å²) in [5.41, 5.74) is -0.0364. The average molecular weight is 220 g/mol. The van der Waals surface area contributed by atoms with Crippen LogP contribution in [0.3, 0.4) is 0 Å². The predicted molar refractivity (Wildman–Crippen MR) is 64.9 cm³/mol. The minimum atomic E-state index is -0.0364. The lowest BCUT2D eigenvalue weighted by Gasteiger charge is -2.48. The van der Waals surface area contributed by atoms with Crippen LogP contribution in [0.5, 0.6) is 0 Å². The van der Waals surface area contributed by atoms with Gasteiger partial charge in [-0.05, 0) is 41.9 Å². The zero-order valence-electron chi connectivity index (χ0n) is 11.0. The van der Waals surface area contributed by atoms with Crippen LogP contribution in [-0.4, -0.2) is 5.78 Å². The van der Waals surface area contributed by atoms with Crippen molar-refractivity contribution in [1.29, 1.82) is 0 Å². The Hall–Kier alpha value is -0.330. The SMILES string of the molecule is CC1CC[C@H]2[C@H](C)[C@@H]3CC(=O)C(C)(C)[C@H]2[C@H]13. The maximum absolute atomic E-state index is 12.3. The van der Waals surface area contributed by atoms with Crippen LogP contribution in [-0.2, 0) is 4.79 Å². The maximum atomic E-state index is 12.3. The van der Waals surface area contributed by atoms with Gasteiger partial charge in [-0.3, -0.25) is 4.79 Å². The van der Waals surface area contributed by atoms with Gasteiger partial charge in [-0.15, -0.1) is 0 Å². The fourth-order valence-corrected chi connectivity index (χ4v) is 5.41. The summed E-state index contributed by atoms with van der Waals surface area (Å²) in [5.74, 6) is 5.29. The molecule has 0 spiro atoms. The van der Waals surface area contributed by atoms with Crippen molar-refractivity contribution >= 4 is 5.78 Å². The Kier molecular flexibility index (Phi) is 2.10. The van der Waals surface area contributed by atoms with Crippen molar-refractivity contribution in [2.24, 2.45) is 40.9 Å². The Morgan fingerprint density at radius 3 is 2.50 bits per heavy atom. The number of hydrogen-bond donors (Lipinski definition) is 0. The van der Waals surface area contributed by atoms with Gasteiger partial charge in [0, 0.05) is 11.8 Å². The van der Waals surface area contributed by atoms with Crippen LogP contribution in [0.15, 0.2) is 0 Å². The van der Waals surface area contributed by atoms with Gasteiger partial charge in [0.2, 0.25) is 0 Å². The van der Waals surface area contributed by atoms with E-state index in [0.29, 0.717) is 17.6 Å². The Morgan fingerprint density at radius 1 is 1.12 bits per heavy atom. The predicted octanol–water partition coefficient (Wildman–Crippen LogP) is 3.53. The van der Waals surface area contributed by atoms with E-state index in [9.17, 15) is 4.79 Å². The normalized spacial score (nSPS) is 54.1. The summed E-state index contributed by atoms with van der Waals surface area (Å²) in [6.45, 7) is 9.26. The highest BCUT2D eigenvalue weighted by atomic mass is 16.1. The average Bonchev–Trinajstić information content (AvgIpc) is 2.40. The van der Waals surface area contributed by atoms with Crippen LogP contribution >= 0.6 is 0 Å². The Labute approximate surface area is 99.0 Å². The molecule has 0 aromatic rings. The highest BCUT2D eigenvalue weighted by molar-refractivity contribution is 5.86. The van der Waals surface area contributed by atoms with Crippen LogP contribution in [0.25, 0.3) is 0 Å². The van der Waals surface area contributed by atoms with Gasteiger partial charge in [0.25, 0.3) is 0 Å². The van der Waals surface area contributed by atoms with E-state index in [2.05, 4.69) is 27.7 Å². The second kappa shape index (κ2) is 3.11.